The van der Waals surface area contributed by atoms with Crippen molar-refractivity contribution in [3.63, 3.8) is 0 Å². The van der Waals surface area contributed by atoms with Crippen LogP contribution in [0.4, 0.5) is 4.79 Å². The summed E-state index contributed by atoms with van der Waals surface area (Å²) in [6, 6.07) is -1.03. The van der Waals surface area contributed by atoms with Gasteiger partial charge in [-0.2, -0.15) is 0 Å². The lowest BCUT2D eigenvalue weighted by atomic mass is 10.2. The number of urea groups is 1. The molecule has 0 aliphatic heterocycles. The number of carboxylic acid groups (broad SMARTS) is 1. The highest BCUT2D eigenvalue weighted by molar-refractivity contribution is 5.77. The molecular formula is C10H19N3O4. The van der Waals surface area contributed by atoms with Crippen LogP contribution < -0.4 is 16.4 Å². The molecule has 0 aromatic rings. The number of carboxylic acids is 1. The molecule has 0 aliphatic rings. The maximum absolute atomic E-state index is 11.4. The predicted molar refractivity (Wildman–Crippen MR) is 61.3 cm³/mol. The van der Waals surface area contributed by atoms with Gasteiger partial charge in [-0.05, 0) is 20.3 Å². The van der Waals surface area contributed by atoms with E-state index in [9.17, 15) is 14.4 Å². The van der Waals surface area contributed by atoms with E-state index >= 15 is 0 Å². The number of primary amides is 1. The van der Waals surface area contributed by atoms with E-state index in [4.69, 9.17) is 10.8 Å². The molecule has 0 saturated heterocycles. The van der Waals surface area contributed by atoms with E-state index in [-0.39, 0.29) is 24.9 Å². The van der Waals surface area contributed by atoms with E-state index in [0.29, 0.717) is 6.42 Å². The highest BCUT2D eigenvalue weighted by Crippen LogP contribution is 1.96. The van der Waals surface area contributed by atoms with Crippen molar-refractivity contribution < 1.29 is 19.5 Å². The summed E-state index contributed by atoms with van der Waals surface area (Å²) in [6.07, 6.45) is 0.419. The third-order valence-electron chi connectivity index (χ3n) is 2.05. The smallest absolute Gasteiger partial charge is 0.315 e. The number of carbonyl (C=O) groups is 3. The standard InChI is InChI=1S/C10H19N3O4/c1-6(3-4-9(15)16)12-10(17)13-7(2)5-8(11)14/h6-7H,3-5H2,1-2H3,(H2,11,14)(H,15,16)(H2,12,13,17). The Bertz CT molecular complexity index is 293. The Balaban J connectivity index is 3.84. The first kappa shape index (κ1) is 15.2. The minimum absolute atomic E-state index is 0.00170. The summed E-state index contributed by atoms with van der Waals surface area (Å²) in [4.78, 5) is 32.3. The Morgan fingerprint density at radius 3 is 2.18 bits per heavy atom. The summed E-state index contributed by atoms with van der Waals surface area (Å²) in [7, 11) is 0. The van der Waals surface area contributed by atoms with Crippen LogP contribution in [-0.4, -0.2) is 35.1 Å². The second-order valence-electron chi connectivity index (χ2n) is 4.02. The predicted octanol–water partition coefficient (Wildman–Crippen LogP) is -0.197. The molecular weight excluding hydrogens is 226 g/mol. The molecule has 0 aromatic carbocycles. The van der Waals surface area contributed by atoms with Crippen LogP contribution in [0, 0.1) is 0 Å². The number of carbonyl (C=O) groups excluding carboxylic acids is 2. The van der Waals surface area contributed by atoms with Gasteiger partial charge in [0, 0.05) is 24.9 Å². The van der Waals surface area contributed by atoms with Gasteiger partial charge in [-0.15, -0.1) is 0 Å². The third kappa shape index (κ3) is 9.16. The van der Waals surface area contributed by atoms with Crippen LogP contribution in [-0.2, 0) is 9.59 Å². The van der Waals surface area contributed by atoms with Gasteiger partial charge in [0.2, 0.25) is 5.91 Å². The molecule has 0 fully saturated rings. The lowest BCUT2D eigenvalue weighted by molar-refractivity contribution is -0.137. The van der Waals surface area contributed by atoms with Crippen molar-refractivity contribution in [2.24, 2.45) is 5.73 Å². The van der Waals surface area contributed by atoms with E-state index in [1.54, 1.807) is 13.8 Å². The average Bonchev–Trinajstić information content (AvgIpc) is 2.12. The fourth-order valence-corrected chi connectivity index (χ4v) is 1.25. The molecule has 0 bridgehead atoms. The fourth-order valence-electron chi connectivity index (χ4n) is 1.25. The van der Waals surface area contributed by atoms with Crippen molar-refractivity contribution in [3.8, 4) is 0 Å². The van der Waals surface area contributed by atoms with E-state index in [1.165, 1.54) is 0 Å². The summed E-state index contributed by atoms with van der Waals surface area (Å²) >= 11 is 0. The first-order chi connectivity index (χ1) is 7.81. The Kier molecular flexibility index (Phi) is 6.69. The molecule has 17 heavy (non-hydrogen) atoms. The normalized spacial score (nSPS) is 13.5. The fraction of sp³-hybridized carbons (Fsp3) is 0.700. The number of amides is 3. The lowest BCUT2D eigenvalue weighted by Crippen LogP contribution is -2.45. The quantitative estimate of drug-likeness (QED) is 0.496. The van der Waals surface area contributed by atoms with Crippen molar-refractivity contribution in [1.29, 1.82) is 0 Å². The van der Waals surface area contributed by atoms with Crippen molar-refractivity contribution >= 4 is 17.9 Å². The molecule has 0 spiro atoms. The largest absolute Gasteiger partial charge is 0.481 e. The minimum Gasteiger partial charge on any atom is -0.481 e. The Morgan fingerprint density at radius 1 is 1.18 bits per heavy atom. The van der Waals surface area contributed by atoms with Gasteiger partial charge >= 0.3 is 12.0 Å². The molecule has 0 aliphatic carbocycles. The summed E-state index contributed by atoms with van der Waals surface area (Å²) in [5, 5.41) is 13.6. The first-order valence-electron chi connectivity index (χ1n) is 5.38. The zero-order chi connectivity index (χ0) is 13.4. The number of hydrogen-bond donors (Lipinski definition) is 4. The topological polar surface area (TPSA) is 122 Å². The van der Waals surface area contributed by atoms with Crippen molar-refractivity contribution in [2.75, 3.05) is 0 Å². The van der Waals surface area contributed by atoms with Gasteiger partial charge in [-0.1, -0.05) is 0 Å². The van der Waals surface area contributed by atoms with Crippen LogP contribution in [0.2, 0.25) is 0 Å². The van der Waals surface area contributed by atoms with E-state index in [0.717, 1.165) is 0 Å². The number of aliphatic carboxylic acids is 1. The second kappa shape index (κ2) is 7.48. The van der Waals surface area contributed by atoms with Gasteiger partial charge < -0.3 is 21.5 Å². The van der Waals surface area contributed by atoms with Crippen LogP contribution in [0.1, 0.15) is 33.1 Å². The number of hydrogen-bond acceptors (Lipinski definition) is 3. The molecule has 0 radical (unpaired) electrons. The number of nitrogens with two attached hydrogens (primary N) is 1. The van der Waals surface area contributed by atoms with Crippen LogP contribution in [0.3, 0.4) is 0 Å². The zero-order valence-electron chi connectivity index (χ0n) is 10.0. The zero-order valence-corrected chi connectivity index (χ0v) is 10.0. The third-order valence-corrected chi connectivity index (χ3v) is 2.05. The van der Waals surface area contributed by atoms with Gasteiger partial charge in [0.1, 0.15) is 0 Å². The van der Waals surface area contributed by atoms with Gasteiger partial charge in [0.25, 0.3) is 0 Å². The number of nitrogens with one attached hydrogen (secondary N) is 2. The molecule has 2 unspecified atom stereocenters. The highest BCUT2D eigenvalue weighted by atomic mass is 16.4. The van der Waals surface area contributed by atoms with Crippen LogP contribution in [0.5, 0.6) is 0 Å². The number of rotatable bonds is 7. The summed E-state index contributed by atoms with van der Waals surface area (Å²) in [5.74, 6) is -1.39. The van der Waals surface area contributed by atoms with Crippen LogP contribution >= 0.6 is 0 Å². The first-order valence-corrected chi connectivity index (χ1v) is 5.38. The Hall–Kier alpha value is -1.79. The Morgan fingerprint density at radius 2 is 1.71 bits per heavy atom. The molecule has 0 saturated carbocycles. The molecule has 0 aromatic heterocycles. The maximum atomic E-state index is 11.4. The SMILES string of the molecule is CC(CCC(=O)O)NC(=O)NC(C)CC(N)=O. The molecule has 7 nitrogen and oxygen atoms in total. The van der Waals surface area contributed by atoms with Gasteiger partial charge in [0.05, 0.1) is 0 Å². The minimum atomic E-state index is -0.902. The van der Waals surface area contributed by atoms with Crippen LogP contribution in [0.15, 0.2) is 0 Å². The molecule has 3 amide bonds. The molecule has 0 rings (SSSR count). The molecule has 0 heterocycles. The summed E-state index contributed by atoms with van der Waals surface area (Å²) in [5.41, 5.74) is 4.98. The summed E-state index contributed by atoms with van der Waals surface area (Å²) < 4.78 is 0. The van der Waals surface area contributed by atoms with Gasteiger partial charge in [-0.3, -0.25) is 9.59 Å². The molecule has 5 N–H and O–H groups in total. The second-order valence-corrected chi connectivity index (χ2v) is 4.02. The van der Waals surface area contributed by atoms with Crippen LogP contribution in [0.25, 0.3) is 0 Å². The molecule has 2 atom stereocenters. The lowest BCUT2D eigenvalue weighted by Gasteiger charge is -2.16. The highest BCUT2D eigenvalue weighted by Gasteiger charge is 2.12. The van der Waals surface area contributed by atoms with Crippen molar-refractivity contribution in [1.82, 2.24) is 10.6 Å². The summed E-state index contributed by atoms with van der Waals surface area (Å²) in [6.45, 7) is 3.37. The van der Waals surface area contributed by atoms with Crippen molar-refractivity contribution in [3.05, 3.63) is 0 Å². The maximum Gasteiger partial charge on any atom is 0.315 e. The van der Waals surface area contributed by atoms with Crippen molar-refractivity contribution in [2.45, 2.75) is 45.2 Å². The van der Waals surface area contributed by atoms with E-state index < -0.39 is 17.9 Å². The molecule has 98 valence electrons. The average molecular weight is 245 g/mol. The van der Waals surface area contributed by atoms with Gasteiger partial charge in [0.15, 0.2) is 0 Å². The van der Waals surface area contributed by atoms with Gasteiger partial charge in [-0.25, -0.2) is 4.79 Å². The van der Waals surface area contributed by atoms with E-state index in [2.05, 4.69) is 10.6 Å². The Labute approximate surface area is 99.7 Å². The van der Waals surface area contributed by atoms with E-state index in [1.807, 2.05) is 0 Å². The molecule has 7 heteroatoms. The monoisotopic (exact) mass is 245 g/mol.